The number of methoxy groups -OCH3 is 1. The van der Waals surface area contributed by atoms with Gasteiger partial charge in [0.15, 0.2) is 6.61 Å². The van der Waals surface area contributed by atoms with Gasteiger partial charge in [0.05, 0.1) is 18.5 Å². The largest absolute Gasteiger partial charge is 0.497 e. The van der Waals surface area contributed by atoms with E-state index in [2.05, 4.69) is 10.6 Å². The molecule has 2 amide bonds. The summed E-state index contributed by atoms with van der Waals surface area (Å²) in [6.45, 7) is -0.677. The first-order valence-electron chi connectivity index (χ1n) is 10.8. The number of hydrogen-bond donors (Lipinski definition) is 2. The summed E-state index contributed by atoms with van der Waals surface area (Å²) < 4.78 is 15.5. The van der Waals surface area contributed by atoms with Crippen LogP contribution >= 0.6 is 11.6 Å². The topological polar surface area (TPSA) is 146 Å². The van der Waals surface area contributed by atoms with Gasteiger partial charge in [0, 0.05) is 29.3 Å². The van der Waals surface area contributed by atoms with Crippen LogP contribution in [0.4, 0.5) is 17.1 Å². The van der Waals surface area contributed by atoms with E-state index in [4.69, 9.17) is 25.8 Å². The number of rotatable bonds is 11. The number of nitro benzene ring substituents is 1. The molecule has 0 fully saturated rings. The van der Waals surface area contributed by atoms with Gasteiger partial charge in [-0.3, -0.25) is 24.5 Å². The summed E-state index contributed by atoms with van der Waals surface area (Å²) in [7, 11) is 1.37. The van der Waals surface area contributed by atoms with Crippen LogP contribution in [-0.2, 0) is 19.1 Å². The van der Waals surface area contributed by atoms with Gasteiger partial charge in [0.1, 0.15) is 22.9 Å². The van der Waals surface area contributed by atoms with E-state index in [1.54, 1.807) is 48.5 Å². The average molecular weight is 528 g/mol. The Morgan fingerprint density at radius 1 is 0.865 bits per heavy atom. The van der Waals surface area contributed by atoms with Crippen LogP contribution in [0.25, 0.3) is 0 Å². The first-order chi connectivity index (χ1) is 17.7. The van der Waals surface area contributed by atoms with Gasteiger partial charge >= 0.3 is 5.97 Å². The molecule has 0 aliphatic rings. The van der Waals surface area contributed by atoms with E-state index in [9.17, 15) is 24.5 Å². The minimum absolute atomic E-state index is 0.102. The molecule has 0 saturated heterocycles. The lowest BCUT2D eigenvalue weighted by atomic mass is 10.2. The van der Waals surface area contributed by atoms with Crippen LogP contribution in [0.1, 0.15) is 12.8 Å². The highest BCUT2D eigenvalue weighted by atomic mass is 35.5. The highest BCUT2D eigenvalue weighted by molar-refractivity contribution is 6.30. The van der Waals surface area contributed by atoms with Gasteiger partial charge in [0.25, 0.3) is 11.6 Å². The summed E-state index contributed by atoms with van der Waals surface area (Å²) in [5.74, 6) is -0.531. The van der Waals surface area contributed by atoms with Gasteiger partial charge in [-0.05, 0) is 54.6 Å². The molecule has 3 aromatic rings. The number of hydrogen-bond acceptors (Lipinski definition) is 8. The fourth-order valence-electron chi connectivity index (χ4n) is 2.99. The molecule has 0 heterocycles. The van der Waals surface area contributed by atoms with Gasteiger partial charge in [-0.2, -0.15) is 0 Å². The summed E-state index contributed by atoms with van der Waals surface area (Å²) in [6.07, 6.45) is -0.443. The van der Waals surface area contributed by atoms with E-state index >= 15 is 0 Å². The van der Waals surface area contributed by atoms with Gasteiger partial charge in [-0.25, -0.2) is 0 Å². The predicted molar refractivity (Wildman–Crippen MR) is 135 cm³/mol. The number of carbonyl (C=O) groups is 3. The number of benzene rings is 3. The van der Waals surface area contributed by atoms with Gasteiger partial charge in [0.2, 0.25) is 5.91 Å². The maximum atomic E-state index is 12.1. The van der Waals surface area contributed by atoms with E-state index in [0.29, 0.717) is 28.0 Å². The fraction of sp³-hybridized carbons (Fsp3) is 0.160. The molecule has 0 spiro atoms. The standard InChI is InChI=1S/C25H22ClN3O8/c1-35-20-10-11-22(29(33)34)21(14-20)28-24(31)15-36-25(32)13-12-23(30)27-17-4-8-19(9-5-17)37-18-6-2-16(26)3-7-18/h2-11,14H,12-13,15H2,1H3,(H,27,30)(H,28,31). The van der Waals surface area contributed by atoms with Crippen molar-refractivity contribution in [3.63, 3.8) is 0 Å². The highest BCUT2D eigenvalue weighted by Crippen LogP contribution is 2.29. The second kappa shape index (κ2) is 12.9. The lowest BCUT2D eigenvalue weighted by Crippen LogP contribution is -2.22. The third kappa shape index (κ3) is 8.51. The Kier molecular flexibility index (Phi) is 9.39. The number of ether oxygens (including phenoxy) is 3. The minimum Gasteiger partial charge on any atom is -0.497 e. The van der Waals surface area contributed by atoms with Crippen molar-refractivity contribution in [2.45, 2.75) is 12.8 Å². The number of nitro groups is 1. The zero-order chi connectivity index (χ0) is 26.8. The Bertz CT molecular complexity index is 1280. The number of nitrogens with zero attached hydrogens (tertiary/aromatic N) is 1. The molecule has 0 aliphatic heterocycles. The summed E-state index contributed by atoms with van der Waals surface area (Å²) in [5, 5.41) is 16.7. The fourth-order valence-corrected chi connectivity index (χ4v) is 3.12. The van der Waals surface area contributed by atoms with Crippen molar-refractivity contribution in [1.29, 1.82) is 0 Å². The summed E-state index contributed by atoms with van der Waals surface area (Å²) >= 11 is 5.85. The number of amides is 2. The van der Waals surface area contributed by atoms with Crippen molar-refractivity contribution in [3.8, 4) is 17.2 Å². The minimum atomic E-state index is -0.782. The Morgan fingerprint density at radius 2 is 1.49 bits per heavy atom. The molecule has 11 nitrogen and oxygen atoms in total. The lowest BCUT2D eigenvalue weighted by molar-refractivity contribution is -0.383. The molecule has 0 saturated carbocycles. The zero-order valence-electron chi connectivity index (χ0n) is 19.6. The number of esters is 1. The van der Waals surface area contributed by atoms with E-state index in [-0.39, 0.29) is 24.2 Å². The van der Waals surface area contributed by atoms with Gasteiger partial charge in [-0.1, -0.05) is 11.6 Å². The van der Waals surface area contributed by atoms with Crippen LogP contribution in [-0.4, -0.2) is 36.4 Å². The van der Waals surface area contributed by atoms with Crippen LogP contribution in [0, 0.1) is 10.1 Å². The second-order valence-electron chi connectivity index (χ2n) is 7.48. The molecule has 0 atom stereocenters. The molecule has 0 aromatic heterocycles. The van der Waals surface area contributed by atoms with Crippen molar-refractivity contribution in [1.82, 2.24) is 0 Å². The molecule has 0 unspecified atom stereocenters. The van der Waals surface area contributed by atoms with Crippen molar-refractivity contribution >= 4 is 46.4 Å². The molecule has 0 aliphatic carbocycles. The smallest absolute Gasteiger partial charge is 0.306 e. The molecule has 3 aromatic carbocycles. The number of anilines is 2. The molecule has 3 rings (SSSR count). The van der Waals surface area contributed by atoms with Crippen LogP contribution < -0.4 is 20.1 Å². The first kappa shape index (κ1) is 27.0. The zero-order valence-corrected chi connectivity index (χ0v) is 20.3. The van der Waals surface area contributed by atoms with Crippen molar-refractivity contribution in [3.05, 3.63) is 81.9 Å². The molecule has 192 valence electrons. The van der Waals surface area contributed by atoms with Gasteiger partial charge in [-0.15, -0.1) is 0 Å². The maximum Gasteiger partial charge on any atom is 0.306 e. The molecule has 2 N–H and O–H groups in total. The van der Waals surface area contributed by atoms with Crippen LogP contribution in [0.2, 0.25) is 5.02 Å². The molecule has 12 heteroatoms. The Hall–Kier alpha value is -4.64. The Labute approximate surface area is 216 Å². The molecular formula is C25H22ClN3O8. The summed E-state index contributed by atoms with van der Waals surface area (Å²) in [6, 6.07) is 17.3. The number of halogens is 1. The van der Waals surface area contributed by atoms with Crippen molar-refractivity contribution < 1.29 is 33.5 Å². The molecule has 0 radical (unpaired) electrons. The number of nitrogens with one attached hydrogen (secondary N) is 2. The quantitative estimate of drug-likeness (QED) is 0.202. The van der Waals surface area contributed by atoms with E-state index < -0.39 is 29.3 Å². The van der Waals surface area contributed by atoms with E-state index in [0.717, 1.165) is 0 Å². The SMILES string of the molecule is COc1ccc([N+](=O)[O-])c(NC(=O)COC(=O)CCC(=O)Nc2ccc(Oc3ccc(Cl)cc3)cc2)c1. The second-order valence-corrected chi connectivity index (χ2v) is 7.91. The normalized spacial score (nSPS) is 10.2. The Morgan fingerprint density at radius 3 is 2.11 bits per heavy atom. The number of carbonyl (C=O) groups excluding carboxylic acids is 3. The van der Waals surface area contributed by atoms with Crippen molar-refractivity contribution in [2.24, 2.45) is 0 Å². The maximum absolute atomic E-state index is 12.1. The first-order valence-corrected chi connectivity index (χ1v) is 11.2. The van der Waals surface area contributed by atoms with E-state index in [1.807, 2.05) is 0 Å². The molecule has 0 bridgehead atoms. The highest BCUT2D eigenvalue weighted by Gasteiger charge is 2.18. The summed E-state index contributed by atoms with van der Waals surface area (Å²) in [4.78, 5) is 46.6. The predicted octanol–water partition coefficient (Wildman–Crippen LogP) is 4.95. The summed E-state index contributed by atoms with van der Waals surface area (Å²) in [5.41, 5.74) is 0.0529. The third-order valence-electron chi connectivity index (χ3n) is 4.78. The van der Waals surface area contributed by atoms with Gasteiger partial charge < -0.3 is 24.8 Å². The monoisotopic (exact) mass is 527 g/mol. The average Bonchev–Trinajstić information content (AvgIpc) is 2.88. The van der Waals surface area contributed by atoms with E-state index in [1.165, 1.54) is 25.3 Å². The van der Waals surface area contributed by atoms with Crippen LogP contribution in [0.5, 0.6) is 17.2 Å². The Balaban J connectivity index is 1.41. The third-order valence-corrected chi connectivity index (χ3v) is 5.03. The van der Waals surface area contributed by atoms with Crippen LogP contribution in [0.15, 0.2) is 66.7 Å². The molecular weight excluding hydrogens is 506 g/mol. The van der Waals surface area contributed by atoms with Crippen LogP contribution in [0.3, 0.4) is 0 Å². The lowest BCUT2D eigenvalue weighted by Gasteiger charge is -2.09. The molecule has 37 heavy (non-hydrogen) atoms. The van der Waals surface area contributed by atoms with Crippen molar-refractivity contribution in [2.75, 3.05) is 24.4 Å².